The van der Waals surface area contributed by atoms with Gasteiger partial charge in [0.15, 0.2) is 5.17 Å². The molecule has 0 bridgehead atoms. The molecule has 0 aliphatic carbocycles. The van der Waals surface area contributed by atoms with Crippen molar-refractivity contribution < 1.29 is 28.9 Å². The molecule has 0 fully saturated rings. The van der Waals surface area contributed by atoms with Gasteiger partial charge >= 0.3 is 28.9 Å². The zero-order chi connectivity index (χ0) is 15.5. The van der Waals surface area contributed by atoms with E-state index in [-0.39, 0.29) is 0 Å². The molecule has 0 aromatic carbocycles. The summed E-state index contributed by atoms with van der Waals surface area (Å²) in [6.07, 6.45) is 2.10. The van der Waals surface area contributed by atoms with Gasteiger partial charge in [-0.25, -0.2) is 4.99 Å². The monoisotopic (exact) mass is 341 g/mol. The predicted octanol–water partition coefficient (Wildman–Crippen LogP) is 0.0289. The molecule has 7 nitrogen and oxygen atoms in total. The Hall–Kier alpha value is -0.550. The Kier molecular flexibility index (Phi) is 6.07. The van der Waals surface area contributed by atoms with E-state index in [1.165, 1.54) is 5.57 Å². The number of allylic oxidation sites excluding steroid dienone is 3. The van der Waals surface area contributed by atoms with Gasteiger partial charge in [0, 0.05) is 31.1 Å². The van der Waals surface area contributed by atoms with Gasteiger partial charge in [0.1, 0.15) is 5.03 Å². The predicted molar refractivity (Wildman–Crippen MR) is 76.9 cm³/mol. The molecule has 2 aliphatic heterocycles. The van der Waals surface area contributed by atoms with Crippen molar-refractivity contribution in [2.24, 2.45) is 9.98 Å². The van der Waals surface area contributed by atoms with Gasteiger partial charge < -0.3 is 4.90 Å². The molecule has 10 heteroatoms. The zero-order valence-electron chi connectivity index (χ0n) is 11.4. The van der Waals surface area contributed by atoms with E-state index in [1.807, 2.05) is 32.8 Å². The average Bonchev–Trinajstić information content (AvgIpc) is 2.82. The first-order valence-electron chi connectivity index (χ1n) is 5.33. The summed E-state index contributed by atoms with van der Waals surface area (Å²) in [5, 5.41) is 2.12. The maximum absolute atomic E-state index is 8.83. The fourth-order valence-electron chi connectivity index (χ4n) is 1.37. The van der Waals surface area contributed by atoms with Crippen molar-refractivity contribution in [2.75, 3.05) is 14.1 Å². The summed E-state index contributed by atoms with van der Waals surface area (Å²) in [5.74, 6) is 0. The quantitative estimate of drug-likeness (QED) is 0.533. The normalized spacial score (nSPS) is 22.7. The molecule has 0 atom stereocenters. The van der Waals surface area contributed by atoms with Crippen molar-refractivity contribution >= 4 is 32.5 Å². The van der Waals surface area contributed by atoms with Crippen LogP contribution in [0.1, 0.15) is 13.8 Å². The van der Waals surface area contributed by atoms with Gasteiger partial charge in [-0.2, -0.15) is 0 Å². The van der Waals surface area contributed by atoms with E-state index in [9.17, 15) is 0 Å². The molecule has 0 saturated carbocycles. The van der Waals surface area contributed by atoms with Crippen molar-refractivity contribution in [2.45, 2.75) is 13.8 Å². The molecule has 0 radical (unpaired) electrons. The van der Waals surface area contributed by atoms with Crippen LogP contribution >= 0.6 is 21.6 Å². The zero-order valence-corrected chi connectivity index (χ0v) is 13.8. The molecule has 2 rings (SSSR count). The Morgan fingerprint density at radius 3 is 2.05 bits per heavy atom. The Labute approximate surface area is 126 Å². The molecule has 0 aromatic rings. The third-order valence-electron chi connectivity index (χ3n) is 2.09. The first-order chi connectivity index (χ1) is 9.08. The SMILES string of the molecule is CC1=C/C(=C2\N=C(N(C)C)SS2)C(C)=N1.[O-][Cl+](O)(O)O. The van der Waals surface area contributed by atoms with E-state index < -0.39 is 10.2 Å². The second-order valence-electron chi connectivity index (χ2n) is 4.09. The van der Waals surface area contributed by atoms with Crippen LogP contribution in [0.25, 0.3) is 0 Å². The number of amidine groups is 1. The molecule has 20 heavy (non-hydrogen) atoms. The molecule has 0 aromatic heterocycles. The van der Waals surface area contributed by atoms with Crippen LogP contribution in [0.5, 0.6) is 0 Å². The van der Waals surface area contributed by atoms with Gasteiger partial charge in [0.25, 0.3) is 0 Å². The number of hydrogen-bond donors (Lipinski definition) is 3. The average molecular weight is 342 g/mol. The van der Waals surface area contributed by atoms with Crippen molar-refractivity contribution in [3.05, 3.63) is 22.4 Å². The first kappa shape index (κ1) is 17.5. The summed E-state index contributed by atoms with van der Waals surface area (Å²) in [5.41, 5.74) is 3.30. The summed E-state index contributed by atoms with van der Waals surface area (Å²) in [6.45, 7) is 4.05. The van der Waals surface area contributed by atoms with E-state index in [1.54, 1.807) is 21.6 Å². The van der Waals surface area contributed by atoms with E-state index in [0.717, 1.165) is 21.6 Å². The van der Waals surface area contributed by atoms with Crippen LogP contribution in [0.3, 0.4) is 0 Å². The van der Waals surface area contributed by atoms with E-state index >= 15 is 0 Å². The van der Waals surface area contributed by atoms with Gasteiger partial charge in [0.2, 0.25) is 0 Å². The standard InChI is InChI=1S/C10H13N3S2.ClH3O4/c1-6-5-8(7(2)11-6)9-12-10(13(3)4)15-14-9;2-1(3,4)5/h5H,1-4H3;2-4H/b9-8-;. The minimum absolute atomic E-state index is 1.05. The molecule has 3 N–H and O–H groups in total. The minimum atomic E-state index is -4.19. The van der Waals surface area contributed by atoms with Crippen LogP contribution in [-0.2, 0) is 0 Å². The van der Waals surface area contributed by atoms with Crippen LogP contribution in [-0.4, -0.2) is 43.9 Å². The van der Waals surface area contributed by atoms with Crippen LogP contribution in [0.2, 0.25) is 0 Å². The van der Waals surface area contributed by atoms with Crippen molar-refractivity contribution in [3.8, 4) is 0 Å². The van der Waals surface area contributed by atoms with Gasteiger partial charge in [0.05, 0.1) is 0 Å². The van der Waals surface area contributed by atoms with Gasteiger partial charge in [-0.3, -0.25) is 4.99 Å². The third kappa shape index (κ3) is 5.83. The van der Waals surface area contributed by atoms with Crippen LogP contribution < -0.4 is 4.66 Å². The molecule has 2 heterocycles. The van der Waals surface area contributed by atoms with Gasteiger partial charge in [-0.1, -0.05) is 0 Å². The van der Waals surface area contributed by atoms with E-state index in [0.29, 0.717) is 0 Å². The second-order valence-corrected chi connectivity index (χ2v) is 7.04. The number of rotatable bonds is 0. The molecule has 114 valence electrons. The number of aliphatic imine (C=N–C) groups is 2. The summed E-state index contributed by atoms with van der Waals surface area (Å²) >= 11 is 0. The third-order valence-corrected chi connectivity index (χ3v) is 4.42. The molecule has 0 amide bonds. The van der Waals surface area contributed by atoms with Crippen molar-refractivity contribution in [1.82, 2.24) is 4.90 Å². The topological polar surface area (TPSA) is 112 Å². The summed E-state index contributed by atoms with van der Waals surface area (Å²) in [6, 6.07) is 0. The van der Waals surface area contributed by atoms with Gasteiger partial charge in [-0.05, 0) is 41.5 Å². The summed E-state index contributed by atoms with van der Waals surface area (Å²) in [7, 11) is 3.23. The molecular weight excluding hydrogens is 326 g/mol. The van der Waals surface area contributed by atoms with E-state index in [4.69, 9.17) is 18.6 Å². The summed E-state index contributed by atoms with van der Waals surface area (Å²) < 4.78 is 30.2. The Morgan fingerprint density at radius 1 is 1.15 bits per heavy atom. The number of halogens is 1. The molecule has 0 spiro atoms. The summed E-state index contributed by atoms with van der Waals surface area (Å²) in [4.78, 5) is 11.0. The Balaban J connectivity index is 0.000000347. The van der Waals surface area contributed by atoms with Crippen LogP contribution in [0.4, 0.5) is 0 Å². The Morgan fingerprint density at radius 2 is 1.70 bits per heavy atom. The second kappa shape index (κ2) is 6.94. The fraction of sp³-hybridized carbons (Fsp3) is 0.400. The van der Waals surface area contributed by atoms with Crippen molar-refractivity contribution in [1.29, 1.82) is 0 Å². The van der Waals surface area contributed by atoms with Crippen molar-refractivity contribution in [3.63, 3.8) is 0 Å². The number of hydrogen-bond acceptors (Lipinski definition) is 9. The first-order valence-corrected chi connectivity index (χ1v) is 8.80. The fourth-order valence-corrected chi connectivity index (χ4v) is 3.68. The number of nitrogens with zero attached hydrogens (tertiary/aromatic N) is 3. The molecular formula is C10H16ClN3O4S2. The molecule has 0 unspecified atom stereocenters. The van der Waals surface area contributed by atoms with Gasteiger partial charge in [-0.15, -0.1) is 0 Å². The van der Waals surface area contributed by atoms with Crippen LogP contribution in [0, 0.1) is 10.2 Å². The Bertz CT molecular complexity index is 503. The van der Waals surface area contributed by atoms with E-state index in [2.05, 4.69) is 16.1 Å². The molecule has 0 saturated heterocycles. The maximum atomic E-state index is 8.83. The molecule has 2 aliphatic rings. The van der Waals surface area contributed by atoms with Crippen LogP contribution in [0.15, 0.2) is 32.4 Å².